The summed E-state index contributed by atoms with van der Waals surface area (Å²) in [5.41, 5.74) is 11.2. The Labute approximate surface area is 204 Å². The number of oxazole rings is 1. The summed E-state index contributed by atoms with van der Waals surface area (Å²) in [4.78, 5) is 20.4. The lowest BCUT2D eigenvalue weighted by molar-refractivity contribution is 0.0947. The second-order valence-electron chi connectivity index (χ2n) is 8.66. The van der Waals surface area contributed by atoms with Crippen molar-refractivity contribution in [3.63, 3.8) is 0 Å². The van der Waals surface area contributed by atoms with Crippen LogP contribution in [0.5, 0.6) is 0 Å². The summed E-state index contributed by atoms with van der Waals surface area (Å²) in [7, 11) is 0. The number of aromatic amines is 1. The maximum Gasteiger partial charge on any atom is 0.273 e. The maximum absolute atomic E-state index is 12.7. The molecule has 0 saturated carbocycles. The molecule has 1 atom stereocenters. The molecule has 0 bridgehead atoms. The molecule has 2 heterocycles. The topological polar surface area (TPSA) is 96.9 Å². The van der Waals surface area contributed by atoms with Gasteiger partial charge in [0.1, 0.15) is 6.26 Å². The summed E-state index contributed by atoms with van der Waals surface area (Å²) in [6.07, 6.45) is 4.66. The number of para-hydroxylation sites is 1. The van der Waals surface area contributed by atoms with E-state index in [9.17, 15) is 4.79 Å². The summed E-state index contributed by atoms with van der Waals surface area (Å²) in [5, 5.41) is 4.11. The molecule has 5 aromatic rings. The molecule has 3 aromatic carbocycles. The Bertz CT molecular complexity index is 1350. The van der Waals surface area contributed by atoms with E-state index in [1.807, 2.05) is 60.8 Å². The number of amides is 1. The molecule has 176 valence electrons. The summed E-state index contributed by atoms with van der Waals surface area (Å²) >= 11 is 0. The number of fused-ring (bicyclic) bond motifs is 1. The first-order valence-corrected chi connectivity index (χ1v) is 11.8. The molecule has 5 rings (SSSR count). The van der Waals surface area contributed by atoms with Gasteiger partial charge in [0.25, 0.3) is 5.91 Å². The number of benzene rings is 3. The van der Waals surface area contributed by atoms with Crippen molar-refractivity contribution in [1.82, 2.24) is 15.3 Å². The van der Waals surface area contributed by atoms with Crippen LogP contribution in [-0.2, 0) is 6.42 Å². The van der Waals surface area contributed by atoms with E-state index in [0.29, 0.717) is 18.9 Å². The van der Waals surface area contributed by atoms with Gasteiger partial charge in [-0.25, -0.2) is 4.98 Å². The zero-order valence-corrected chi connectivity index (χ0v) is 19.4. The highest BCUT2D eigenvalue weighted by Gasteiger charge is 2.19. The highest BCUT2D eigenvalue weighted by molar-refractivity contribution is 5.91. The minimum Gasteiger partial charge on any atom is -0.446 e. The molecule has 0 spiro atoms. The molecule has 0 fully saturated rings. The van der Waals surface area contributed by atoms with Crippen molar-refractivity contribution in [2.24, 2.45) is 5.73 Å². The molecule has 6 heteroatoms. The Morgan fingerprint density at radius 2 is 1.60 bits per heavy atom. The van der Waals surface area contributed by atoms with Crippen LogP contribution >= 0.6 is 0 Å². The van der Waals surface area contributed by atoms with Gasteiger partial charge in [-0.1, -0.05) is 78.9 Å². The van der Waals surface area contributed by atoms with Crippen molar-refractivity contribution in [3.8, 4) is 0 Å². The first-order valence-electron chi connectivity index (χ1n) is 11.8. The van der Waals surface area contributed by atoms with Crippen molar-refractivity contribution in [3.05, 3.63) is 126 Å². The molecule has 0 aliphatic rings. The van der Waals surface area contributed by atoms with E-state index < -0.39 is 6.04 Å². The maximum atomic E-state index is 12.7. The Balaban J connectivity index is 1.21. The largest absolute Gasteiger partial charge is 0.446 e. The first-order chi connectivity index (χ1) is 17.2. The molecule has 0 saturated heterocycles. The minimum absolute atomic E-state index is 0.190. The third kappa shape index (κ3) is 5.18. The highest BCUT2D eigenvalue weighted by atomic mass is 16.3. The van der Waals surface area contributed by atoms with Gasteiger partial charge in [0, 0.05) is 29.6 Å². The van der Waals surface area contributed by atoms with Gasteiger partial charge in [-0.2, -0.15) is 0 Å². The van der Waals surface area contributed by atoms with E-state index in [2.05, 4.69) is 45.6 Å². The normalized spacial score (nSPS) is 12.2. The lowest BCUT2D eigenvalue weighted by Crippen LogP contribution is -2.26. The fourth-order valence-corrected chi connectivity index (χ4v) is 4.50. The van der Waals surface area contributed by atoms with Gasteiger partial charge in [0.2, 0.25) is 5.89 Å². The van der Waals surface area contributed by atoms with E-state index in [4.69, 9.17) is 10.2 Å². The van der Waals surface area contributed by atoms with Gasteiger partial charge >= 0.3 is 0 Å². The van der Waals surface area contributed by atoms with Crippen molar-refractivity contribution in [2.45, 2.75) is 24.8 Å². The van der Waals surface area contributed by atoms with Gasteiger partial charge in [-0.05, 0) is 35.6 Å². The van der Waals surface area contributed by atoms with Crippen LogP contribution in [-0.4, -0.2) is 22.4 Å². The Hall–Kier alpha value is -4.16. The second-order valence-corrected chi connectivity index (χ2v) is 8.66. The Kier molecular flexibility index (Phi) is 6.73. The number of hydrogen-bond acceptors (Lipinski definition) is 4. The number of aromatic nitrogens is 2. The summed E-state index contributed by atoms with van der Waals surface area (Å²) in [6.45, 7) is 0.511. The van der Waals surface area contributed by atoms with Crippen LogP contribution in [0.15, 0.2) is 102 Å². The van der Waals surface area contributed by atoms with E-state index in [1.165, 1.54) is 17.4 Å². The van der Waals surface area contributed by atoms with E-state index in [0.717, 1.165) is 22.9 Å². The third-order valence-corrected chi connectivity index (χ3v) is 6.31. The zero-order valence-electron chi connectivity index (χ0n) is 19.4. The molecule has 6 nitrogen and oxygen atoms in total. The van der Waals surface area contributed by atoms with Crippen LogP contribution in [0.1, 0.15) is 51.5 Å². The van der Waals surface area contributed by atoms with Crippen LogP contribution in [0.2, 0.25) is 0 Å². The fraction of sp³-hybridized carbons (Fsp3) is 0.172. The molecule has 0 aliphatic carbocycles. The van der Waals surface area contributed by atoms with Crippen LogP contribution in [0, 0.1) is 0 Å². The third-order valence-electron chi connectivity index (χ3n) is 6.31. The van der Waals surface area contributed by atoms with Crippen LogP contribution in [0.3, 0.4) is 0 Å². The minimum atomic E-state index is -0.448. The summed E-state index contributed by atoms with van der Waals surface area (Å²) in [6, 6.07) is 28.3. The van der Waals surface area contributed by atoms with Crippen molar-refractivity contribution < 1.29 is 9.21 Å². The van der Waals surface area contributed by atoms with E-state index in [1.54, 1.807) is 0 Å². The van der Waals surface area contributed by atoms with E-state index in [-0.39, 0.29) is 17.5 Å². The molecular weight excluding hydrogens is 436 g/mol. The van der Waals surface area contributed by atoms with Gasteiger partial charge in [-0.3, -0.25) is 4.79 Å². The van der Waals surface area contributed by atoms with Crippen molar-refractivity contribution >= 4 is 16.8 Å². The summed E-state index contributed by atoms with van der Waals surface area (Å²) in [5.74, 6) is 0.279. The second kappa shape index (κ2) is 10.4. The van der Waals surface area contributed by atoms with Gasteiger partial charge < -0.3 is 20.5 Å². The lowest BCUT2D eigenvalue weighted by atomic mass is 9.88. The van der Waals surface area contributed by atoms with Gasteiger partial charge in [0.15, 0.2) is 5.69 Å². The molecule has 1 unspecified atom stereocenters. The van der Waals surface area contributed by atoms with Gasteiger partial charge in [0.05, 0.1) is 6.04 Å². The monoisotopic (exact) mass is 464 g/mol. The quantitative estimate of drug-likeness (QED) is 0.274. The number of nitrogens with one attached hydrogen (secondary N) is 2. The van der Waals surface area contributed by atoms with Crippen LogP contribution in [0.25, 0.3) is 10.9 Å². The number of carbonyl (C=O) groups excluding carboxylic acids is 1. The molecular formula is C29H28N4O2. The summed E-state index contributed by atoms with van der Waals surface area (Å²) < 4.78 is 5.57. The number of rotatable bonds is 9. The molecule has 1 amide bonds. The van der Waals surface area contributed by atoms with Crippen LogP contribution < -0.4 is 11.1 Å². The Morgan fingerprint density at radius 3 is 2.31 bits per heavy atom. The Morgan fingerprint density at radius 1 is 0.943 bits per heavy atom. The average molecular weight is 465 g/mol. The molecule has 35 heavy (non-hydrogen) atoms. The number of H-pyrrole nitrogens is 1. The molecule has 0 radical (unpaired) electrons. The van der Waals surface area contributed by atoms with Gasteiger partial charge in [-0.15, -0.1) is 0 Å². The smallest absolute Gasteiger partial charge is 0.273 e. The molecule has 4 N–H and O–H groups in total. The predicted octanol–water partition coefficient (Wildman–Crippen LogP) is 5.35. The average Bonchev–Trinajstić information content (AvgIpc) is 3.56. The van der Waals surface area contributed by atoms with Crippen molar-refractivity contribution in [2.75, 3.05) is 6.54 Å². The lowest BCUT2D eigenvalue weighted by Gasteiger charge is -2.18. The first kappa shape index (κ1) is 22.6. The zero-order chi connectivity index (χ0) is 24.0. The fourth-order valence-electron chi connectivity index (χ4n) is 4.50. The highest BCUT2D eigenvalue weighted by Crippen LogP contribution is 2.27. The number of hydrogen-bond donors (Lipinski definition) is 3. The molecule has 2 aromatic heterocycles. The standard InChI is InChI=1S/C29H28N4O2/c30-25(17-22-18-32-26-14-8-7-13-24(22)26)29-33-27(19-35-29)28(34)31-16-15-23(20-9-3-1-4-10-20)21-11-5-2-6-12-21/h1-14,18-19,23,25,32H,15-17,30H2,(H,31,34). The van der Waals surface area contributed by atoms with Crippen LogP contribution in [0.4, 0.5) is 0 Å². The number of nitrogens with zero attached hydrogens (tertiary/aromatic N) is 1. The predicted molar refractivity (Wildman–Crippen MR) is 137 cm³/mol. The van der Waals surface area contributed by atoms with E-state index >= 15 is 0 Å². The number of carbonyl (C=O) groups is 1. The number of nitrogens with two attached hydrogens (primary N) is 1. The van der Waals surface area contributed by atoms with Crippen molar-refractivity contribution in [1.29, 1.82) is 0 Å². The molecule has 0 aliphatic heterocycles. The SMILES string of the molecule is NC(Cc1c[nH]c2ccccc12)c1nc(C(=O)NCCC(c2ccccc2)c2ccccc2)co1.